The summed E-state index contributed by atoms with van der Waals surface area (Å²) in [5, 5.41) is 15.2. The molecule has 0 bridgehead atoms. The molecule has 1 aromatic heterocycles. The van der Waals surface area contributed by atoms with Gasteiger partial charge in [-0.3, -0.25) is 5.10 Å². The van der Waals surface area contributed by atoms with Gasteiger partial charge in [0.15, 0.2) is 5.03 Å². The Hall–Kier alpha value is -0.920. The van der Waals surface area contributed by atoms with Crippen molar-refractivity contribution in [1.82, 2.24) is 14.5 Å². The number of aromatic nitrogens is 2. The molecule has 0 aromatic carbocycles. The number of aromatic amines is 1. The van der Waals surface area contributed by atoms with Gasteiger partial charge in [-0.25, -0.2) is 8.42 Å². The number of nitrogens with zero attached hydrogens (tertiary/aromatic N) is 2. The van der Waals surface area contributed by atoms with Crippen molar-refractivity contribution < 1.29 is 13.5 Å². The van der Waals surface area contributed by atoms with Crippen molar-refractivity contribution in [2.75, 3.05) is 13.1 Å². The second-order valence-electron chi connectivity index (χ2n) is 3.79. The Bertz CT molecular complexity index is 435. The maximum Gasteiger partial charge on any atom is 0.260 e. The Balaban J connectivity index is 3.07. The third-order valence-corrected chi connectivity index (χ3v) is 4.31. The van der Waals surface area contributed by atoms with Crippen LogP contribution in [-0.2, 0) is 16.6 Å². The third kappa shape index (κ3) is 3.05. The van der Waals surface area contributed by atoms with Gasteiger partial charge in [0.05, 0.1) is 12.8 Å². The molecule has 0 amide bonds. The van der Waals surface area contributed by atoms with Crippen LogP contribution in [0.4, 0.5) is 0 Å². The van der Waals surface area contributed by atoms with E-state index in [1.165, 1.54) is 10.5 Å². The molecule has 98 valence electrons. The molecule has 6 nitrogen and oxygen atoms in total. The summed E-state index contributed by atoms with van der Waals surface area (Å²) in [6.45, 7) is 4.47. The van der Waals surface area contributed by atoms with Crippen LogP contribution in [0.3, 0.4) is 0 Å². The number of nitrogens with one attached hydrogen (secondary N) is 1. The first-order valence-corrected chi connectivity index (χ1v) is 7.15. The van der Waals surface area contributed by atoms with Crippen molar-refractivity contribution in [2.24, 2.45) is 0 Å². The van der Waals surface area contributed by atoms with Crippen LogP contribution < -0.4 is 0 Å². The number of aliphatic hydroxyl groups excluding tert-OH is 1. The highest BCUT2D eigenvalue weighted by molar-refractivity contribution is 7.89. The largest absolute Gasteiger partial charge is 0.392 e. The molecule has 1 rings (SSSR count). The lowest BCUT2D eigenvalue weighted by atomic mass is 10.4. The van der Waals surface area contributed by atoms with E-state index in [2.05, 4.69) is 10.2 Å². The van der Waals surface area contributed by atoms with Gasteiger partial charge in [0, 0.05) is 18.7 Å². The van der Waals surface area contributed by atoms with E-state index in [9.17, 15) is 8.42 Å². The number of H-pyrrole nitrogens is 1. The van der Waals surface area contributed by atoms with Gasteiger partial charge in [0.2, 0.25) is 0 Å². The number of sulfonamides is 1. The zero-order valence-electron chi connectivity index (χ0n) is 10.2. The second-order valence-corrected chi connectivity index (χ2v) is 5.66. The van der Waals surface area contributed by atoms with Crippen LogP contribution in [0.2, 0.25) is 0 Å². The highest BCUT2D eigenvalue weighted by Crippen LogP contribution is 2.18. The van der Waals surface area contributed by atoms with Crippen LogP contribution in [0.25, 0.3) is 0 Å². The molecular weight excluding hydrogens is 242 g/mol. The first-order valence-electron chi connectivity index (χ1n) is 5.71. The molecule has 0 aliphatic carbocycles. The molecule has 2 N–H and O–H groups in total. The van der Waals surface area contributed by atoms with Crippen LogP contribution in [0.15, 0.2) is 11.2 Å². The average molecular weight is 261 g/mol. The molecule has 7 heteroatoms. The Labute approximate surface area is 102 Å². The van der Waals surface area contributed by atoms with Crippen LogP contribution >= 0.6 is 0 Å². The molecular formula is C10H19N3O3S. The molecule has 17 heavy (non-hydrogen) atoms. The zero-order valence-corrected chi connectivity index (χ0v) is 11.0. The zero-order chi connectivity index (χ0) is 12.9. The van der Waals surface area contributed by atoms with E-state index in [1.807, 2.05) is 13.8 Å². The Kier molecular flexibility index (Phi) is 5.10. The first kappa shape index (κ1) is 14.1. The summed E-state index contributed by atoms with van der Waals surface area (Å²) < 4.78 is 26.0. The van der Waals surface area contributed by atoms with Crippen molar-refractivity contribution in [3.63, 3.8) is 0 Å². The fourth-order valence-electron chi connectivity index (χ4n) is 1.62. The average Bonchev–Trinajstić information content (AvgIpc) is 2.77. The van der Waals surface area contributed by atoms with E-state index >= 15 is 0 Å². The normalized spacial score (nSPS) is 12.2. The van der Waals surface area contributed by atoms with Crippen molar-refractivity contribution in [3.05, 3.63) is 11.8 Å². The Morgan fingerprint density at radius 1 is 1.35 bits per heavy atom. The van der Waals surface area contributed by atoms with E-state index < -0.39 is 10.0 Å². The van der Waals surface area contributed by atoms with Gasteiger partial charge < -0.3 is 5.11 Å². The molecule has 1 heterocycles. The van der Waals surface area contributed by atoms with Crippen molar-refractivity contribution in [2.45, 2.75) is 38.3 Å². The van der Waals surface area contributed by atoms with E-state index in [0.29, 0.717) is 18.7 Å². The standard InChI is InChI=1S/C10H19N3O3S/c1-3-5-13(6-4-2)17(15,16)10-9(8-14)7-11-12-10/h7,14H,3-6,8H2,1-2H3,(H,11,12). The van der Waals surface area contributed by atoms with Gasteiger partial charge in [-0.05, 0) is 12.8 Å². The van der Waals surface area contributed by atoms with Crippen molar-refractivity contribution in [1.29, 1.82) is 0 Å². The van der Waals surface area contributed by atoms with E-state index in [1.54, 1.807) is 0 Å². The fraction of sp³-hybridized carbons (Fsp3) is 0.700. The fourth-order valence-corrected chi connectivity index (χ4v) is 3.34. The van der Waals surface area contributed by atoms with Crippen LogP contribution in [-0.4, -0.2) is 41.1 Å². The smallest absolute Gasteiger partial charge is 0.260 e. The van der Waals surface area contributed by atoms with Crippen LogP contribution in [0.5, 0.6) is 0 Å². The Morgan fingerprint density at radius 2 is 1.94 bits per heavy atom. The highest BCUT2D eigenvalue weighted by atomic mass is 32.2. The number of hydrogen-bond acceptors (Lipinski definition) is 4. The lowest BCUT2D eigenvalue weighted by Gasteiger charge is -2.20. The maximum atomic E-state index is 12.3. The summed E-state index contributed by atoms with van der Waals surface area (Å²) in [5.74, 6) is 0. The van der Waals surface area contributed by atoms with Gasteiger partial charge in [-0.1, -0.05) is 13.8 Å². The molecule has 0 radical (unpaired) electrons. The van der Waals surface area contributed by atoms with Crippen LogP contribution in [0.1, 0.15) is 32.3 Å². The molecule has 0 saturated heterocycles. The maximum absolute atomic E-state index is 12.3. The monoisotopic (exact) mass is 261 g/mol. The van der Waals surface area contributed by atoms with Gasteiger partial charge in [0.1, 0.15) is 0 Å². The van der Waals surface area contributed by atoms with E-state index in [-0.39, 0.29) is 11.6 Å². The summed E-state index contributed by atoms with van der Waals surface area (Å²) >= 11 is 0. The minimum absolute atomic E-state index is 0.00176. The van der Waals surface area contributed by atoms with Gasteiger partial charge in [-0.2, -0.15) is 9.40 Å². The SMILES string of the molecule is CCCN(CCC)S(=O)(=O)c1[nH]ncc1CO. The molecule has 0 aliphatic heterocycles. The minimum Gasteiger partial charge on any atom is -0.392 e. The Morgan fingerprint density at radius 3 is 2.41 bits per heavy atom. The van der Waals surface area contributed by atoms with Gasteiger partial charge in [-0.15, -0.1) is 0 Å². The number of rotatable bonds is 7. The van der Waals surface area contributed by atoms with Gasteiger partial charge >= 0.3 is 0 Å². The van der Waals surface area contributed by atoms with Crippen LogP contribution in [0, 0.1) is 0 Å². The summed E-state index contributed by atoms with van der Waals surface area (Å²) in [6.07, 6.45) is 2.84. The number of aliphatic hydroxyl groups is 1. The second kappa shape index (κ2) is 6.13. The summed E-state index contributed by atoms with van der Waals surface area (Å²) in [6, 6.07) is 0. The lowest BCUT2D eigenvalue weighted by Crippen LogP contribution is -2.33. The molecule has 0 aliphatic rings. The highest BCUT2D eigenvalue weighted by Gasteiger charge is 2.27. The predicted octanol–water partition coefficient (Wildman–Crippen LogP) is 0.713. The quantitative estimate of drug-likeness (QED) is 0.757. The van der Waals surface area contributed by atoms with Gasteiger partial charge in [0.25, 0.3) is 10.0 Å². The molecule has 0 unspecified atom stereocenters. The predicted molar refractivity (Wildman–Crippen MR) is 63.9 cm³/mol. The third-order valence-electron chi connectivity index (χ3n) is 2.39. The van der Waals surface area contributed by atoms with Crippen molar-refractivity contribution >= 4 is 10.0 Å². The minimum atomic E-state index is -3.57. The summed E-state index contributed by atoms with van der Waals surface area (Å²) in [4.78, 5) is 0. The molecule has 0 fully saturated rings. The number of hydrogen-bond donors (Lipinski definition) is 2. The van der Waals surface area contributed by atoms with E-state index in [4.69, 9.17) is 5.11 Å². The molecule has 1 aromatic rings. The van der Waals surface area contributed by atoms with E-state index in [0.717, 1.165) is 12.8 Å². The summed E-state index contributed by atoms with van der Waals surface area (Å²) in [5.41, 5.74) is 0.308. The topological polar surface area (TPSA) is 86.3 Å². The summed E-state index contributed by atoms with van der Waals surface area (Å²) in [7, 11) is -3.57. The lowest BCUT2D eigenvalue weighted by molar-refractivity contribution is 0.278. The van der Waals surface area contributed by atoms with Crippen molar-refractivity contribution in [3.8, 4) is 0 Å². The molecule has 0 spiro atoms. The molecule has 0 atom stereocenters. The molecule has 0 saturated carbocycles. The first-order chi connectivity index (χ1) is 8.07.